The number of rotatable bonds is 6. The SMILES string of the molecule is CCOC(C)(C)c1noc(COC2CCNCC2)n1. The largest absolute Gasteiger partial charge is 0.368 e. The third-order valence-corrected chi connectivity index (χ3v) is 3.24. The molecule has 0 saturated carbocycles. The van der Waals surface area contributed by atoms with E-state index in [-0.39, 0.29) is 6.10 Å². The Hall–Kier alpha value is -0.980. The topological polar surface area (TPSA) is 69.4 Å². The van der Waals surface area contributed by atoms with E-state index < -0.39 is 5.60 Å². The molecular formula is C13H23N3O3. The Bertz CT molecular complexity index is 386. The molecule has 1 aliphatic rings. The van der Waals surface area contributed by atoms with Crippen molar-refractivity contribution in [3.63, 3.8) is 0 Å². The molecule has 0 radical (unpaired) electrons. The summed E-state index contributed by atoms with van der Waals surface area (Å²) in [5.41, 5.74) is -0.523. The third-order valence-electron chi connectivity index (χ3n) is 3.24. The number of nitrogens with zero attached hydrogens (tertiary/aromatic N) is 2. The van der Waals surface area contributed by atoms with Crippen LogP contribution in [0, 0.1) is 0 Å². The van der Waals surface area contributed by atoms with E-state index in [0.29, 0.717) is 24.9 Å². The van der Waals surface area contributed by atoms with E-state index in [1.165, 1.54) is 0 Å². The Morgan fingerprint density at radius 3 is 2.79 bits per heavy atom. The number of hydrogen-bond acceptors (Lipinski definition) is 6. The first-order valence-electron chi connectivity index (χ1n) is 6.91. The fourth-order valence-electron chi connectivity index (χ4n) is 2.13. The average molecular weight is 269 g/mol. The molecule has 6 nitrogen and oxygen atoms in total. The molecule has 108 valence electrons. The zero-order valence-corrected chi connectivity index (χ0v) is 11.9. The molecule has 1 aliphatic heterocycles. The minimum Gasteiger partial charge on any atom is -0.368 e. The van der Waals surface area contributed by atoms with Gasteiger partial charge in [0.1, 0.15) is 12.2 Å². The van der Waals surface area contributed by atoms with Gasteiger partial charge in [-0.1, -0.05) is 5.16 Å². The molecule has 1 fully saturated rings. The zero-order chi connectivity index (χ0) is 13.7. The summed E-state index contributed by atoms with van der Waals surface area (Å²) in [6.07, 6.45) is 2.35. The highest BCUT2D eigenvalue weighted by atomic mass is 16.5. The van der Waals surface area contributed by atoms with Crippen LogP contribution in [0.1, 0.15) is 45.3 Å². The fraction of sp³-hybridized carbons (Fsp3) is 0.846. The molecule has 0 aromatic carbocycles. The van der Waals surface area contributed by atoms with Crippen LogP contribution in [-0.2, 0) is 21.7 Å². The highest BCUT2D eigenvalue weighted by Gasteiger charge is 2.27. The Balaban J connectivity index is 1.86. The molecule has 2 heterocycles. The number of hydrogen-bond donors (Lipinski definition) is 1. The van der Waals surface area contributed by atoms with E-state index in [0.717, 1.165) is 25.9 Å². The van der Waals surface area contributed by atoms with Gasteiger partial charge in [-0.05, 0) is 46.7 Å². The van der Waals surface area contributed by atoms with Crippen LogP contribution in [0.5, 0.6) is 0 Å². The van der Waals surface area contributed by atoms with Gasteiger partial charge < -0.3 is 19.3 Å². The predicted molar refractivity (Wildman–Crippen MR) is 69.6 cm³/mol. The van der Waals surface area contributed by atoms with Gasteiger partial charge in [0.2, 0.25) is 5.82 Å². The van der Waals surface area contributed by atoms with Gasteiger partial charge in [-0.3, -0.25) is 0 Å². The molecular weight excluding hydrogens is 246 g/mol. The van der Waals surface area contributed by atoms with E-state index in [2.05, 4.69) is 15.5 Å². The second kappa shape index (κ2) is 6.45. The number of piperidine rings is 1. The number of ether oxygens (including phenoxy) is 2. The highest BCUT2D eigenvalue weighted by molar-refractivity contribution is 4.96. The summed E-state index contributed by atoms with van der Waals surface area (Å²) >= 11 is 0. The van der Waals surface area contributed by atoms with Crippen molar-refractivity contribution < 1.29 is 14.0 Å². The summed E-state index contributed by atoms with van der Waals surface area (Å²) in [6.45, 7) is 8.82. The van der Waals surface area contributed by atoms with Crippen LogP contribution in [0.2, 0.25) is 0 Å². The van der Waals surface area contributed by atoms with Gasteiger partial charge in [0, 0.05) is 6.61 Å². The molecule has 0 spiro atoms. The third kappa shape index (κ3) is 3.99. The van der Waals surface area contributed by atoms with Crippen LogP contribution in [-0.4, -0.2) is 35.9 Å². The van der Waals surface area contributed by atoms with Crippen LogP contribution in [0.4, 0.5) is 0 Å². The Morgan fingerprint density at radius 1 is 1.37 bits per heavy atom. The maximum absolute atomic E-state index is 5.78. The fourth-order valence-corrected chi connectivity index (χ4v) is 2.13. The van der Waals surface area contributed by atoms with Gasteiger partial charge in [0.15, 0.2) is 0 Å². The van der Waals surface area contributed by atoms with Crippen LogP contribution < -0.4 is 5.32 Å². The summed E-state index contributed by atoms with van der Waals surface area (Å²) in [6, 6.07) is 0. The molecule has 1 aromatic rings. The molecule has 6 heteroatoms. The summed E-state index contributed by atoms with van der Waals surface area (Å²) in [5.74, 6) is 1.08. The smallest absolute Gasteiger partial charge is 0.252 e. The van der Waals surface area contributed by atoms with Crippen molar-refractivity contribution in [1.82, 2.24) is 15.5 Å². The molecule has 0 unspecified atom stereocenters. The first-order chi connectivity index (χ1) is 9.12. The summed E-state index contributed by atoms with van der Waals surface area (Å²) in [7, 11) is 0. The van der Waals surface area contributed by atoms with Crippen molar-refractivity contribution in [3.8, 4) is 0 Å². The van der Waals surface area contributed by atoms with E-state index in [1.54, 1.807) is 0 Å². The average Bonchev–Trinajstić information content (AvgIpc) is 2.87. The standard InChI is InChI=1S/C13H23N3O3/c1-4-18-13(2,3)12-15-11(19-16-12)9-17-10-5-7-14-8-6-10/h10,14H,4-9H2,1-3H3. The zero-order valence-electron chi connectivity index (χ0n) is 11.9. The van der Waals surface area contributed by atoms with Crippen LogP contribution >= 0.6 is 0 Å². The quantitative estimate of drug-likeness (QED) is 0.846. The van der Waals surface area contributed by atoms with Crippen molar-refractivity contribution in [2.24, 2.45) is 0 Å². The summed E-state index contributed by atoms with van der Waals surface area (Å²) in [5, 5.41) is 7.27. The van der Waals surface area contributed by atoms with Crippen molar-refractivity contribution in [2.45, 2.75) is 51.9 Å². The molecule has 2 rings (SSSR count). The molecule has 1 N–H and O–H groups in total. The molecule has 0 bridgehead atoms. The Labute approximate surface area is 113 Å². The maximum atomic E-state index is 5.78. The molecule has 0 amide bonds. The van der Waals surface area contributed by atoms with E-state index in [9.17, 15) is 0 Å². The van der Waals surface area contributed by atoms with Gasteiger partial charge in [0.25, 0.3) is 5.89 Å². The van der Waals surface area contributed by atoms with E-state index in [4.69, 9.17) is 14.0 Å². The van der Waals surface area contributed by atoms with Crippen molar-refractivity contribution in [3.05, 3.63) is 11.7 Å². The van der Waals surface area contributed by atoms with Gasteiger partial charge in [-0.25, -0.2) is 0 Å². The maximum Gasteiger partial charge on any atom is 0.252 e. The number of aromatic nitrogens is 2. The molecule has 1 saturated heterocycles. The lowest BCUT2D eigenvalue weighted by Gasteiger charge is -2.22. The van der Waals surface area contributed by atoms with Crippen LogP contribution in [0.3, 0.4) is 0 Å². The summed E-state index contributed by atoms with van der Waals surface area (Å²) in [4.78, 5) is 4.34. The Kier molecular flexibility index (Phi) is 4.90. The van der Waals surface area contributed by atoms with Gasteiger partial charge in [0.05, 0.1) is 6.10 Å². The first-order valence-corrected chi connectivity index (χ1v) is 6.91. The summed E-state index contributed by atoms with van der Waals surface area (Å²) < 4.78 is 16.6. The lowest BCUT2D eigenvalue weighted by atomic mass is 10.1. The minimum absolute atomic E-state index is 0.288. The minimum atomic E-state index is -0.523. The van der Waals surface area contributed by atoms with Crippen molar-refractivity contribution >= 4 is 0 Å². The highest BCUT2D eigenvalue weighted by Crippen LogP contribution is 2.21. The lowest BCUT2D eigenvalue weighted by molar-refractivity contribution is -0.0221. The predicted octanol–water partition coefficient (Wildman–Crippen LogP) is 1.61. The molecule has 0 atom stereocenters. The van der Waals surface area contributed by atoms with Gasteiger partial charge in [-0.2, -0.15) is 4.98 Å². The van der Waals surface area contributed by atoms with Crippen LogP contribution in [0.15, 0.2) is 4.52 Å². The lowest BCUT2D eigenvalue weighted by Crippen LogP contribution is -2.32. The molecule has 1 aromatic heterocycles. The van der Waals surface area contributed by atoms with Crippen LogP contribution in [0.25, 0.3) is 0 Å². The van der Waals surface area contributed by atoms with Crippen molar-refractivity contribution in [1.29, 1.82) is 0 Å². The van der Waals surface area contributed by atoms with Gasteiger partial charge >= 0.3 is 0 Å². The normalized spacial score (nSPS) is 17.8. The van der Waals surface area contributed by atoms with Crippen molar-refractivity contribution in [2.75, 3.05) is 19.7 Å². The monoisotopic (exact) mass is 269 g/mol. The molecule has 19 heavy (non-hydrogen) atoms. The van der Waals surface area contributed by atoms with E-state index in [1.807, 2.05) is 20.8 Å². The van der Waals surface area contributed by atoms with Gasteiger partial charge in [-0.15, -0.1) is 0 Å². The second-order valence-corrected chi connectivity index (χ2v) is 5.22. The van der Waals surface area contributed by atoms with E-state index >= 15 is 0 Å². The number of nitrogens with one attached hydrogen (secondary N) is 1. The Morgan fingerprint density at radius 2 is 2.11 bits per heavy atom. The second-order valence-electron chi connectivity index (χ2n) is 5.22. The molecule has 0 aliphatic carbocycles. The first kappa shape index (κ1) is 14.4.